The predicted molar refractivity (Wildman–Crippen MR) is 151 cm³/mol. The van der Waals surface area contributed by atoms with E-state index in [1.54, 1.807) is 0 Å². The first kappa shape index (κ1) is 36.1. The van der Waals surface area contributed by atoms with Crippen LogP contribution in [0, 0.1) is 58.7 Å². The largest absolute Gasteiger partial charge is 0.432 e. The molecule has 0 amide bonds. The zero-order valence-corrected chi connectivity index (χ0v) is 24.6. The molecule has 1 aliphatic carbocycles. The van der Waals surface area contributed by atoms with Crippen LogP contribution in [-0.2, 0) is 12.5 Å². The molecular weight excluding hydrogens is 664 g/mol. The maximum absolute atomic E-state index is 14.9. The molecule has 0 N–H and O–H groups in total. The van der Waals surface area contributed by atoms with Gasteiger partial charge in [0.25, 0.3) is 0 Å². The summed E-state index contributed by atoms with van der Waals surface area (Å²) in [6.45, 7) is 1.96. The van der Waals surface area contributed by atoms with Gasteiger partial charge in [-0.15, -0.1) is 0 Å². The summed E-state index contributed by atoms with van der Waals surface area (Å²) in [6, 6.07) is 4.77. The lowest BCUT2D eigenvalue weighted by atomic mass is 9.93. The maximum Gasteiger partial charge on any atom is 0.432 e. The minimum atomic E-state index is -5.21. The highest BCUT2D eigenvalue weighted by atomic mass is 19.4. The molecule has 0 fully saturated rings. The number of halogens is 12. The number of alkyl halides is 6. The molecular formula is C35H22F12O. The number of ether oxygens (including phenoxy) is 1. The van der Waals surface area contributed by atoms with Crippen LogP contribution in [-0.4, -0.2) is 12.3 Å². The zero-order valence-electron chi connectivity index (χ0n) is 24.6. The van der Waals surface area contributed by atoms with Crippen molar-refractivity contribution >= 4 is 0 Å². The number of benzene rings is 3. The second-order valence-electron chi connectivity index (χ2n) is 10.6. The Bertz CT molecular complexity index is 1840. The third-order valence-corrected chi connectivity index (χ3v) is 6.96. The Labute approximate surface area is 266 Å². The lowest BCUT2D eigenvalue weighted by Crippen LogP contribution is -2.33. The molecule has 48 heavy (non-hydrogen) atoms. The minimum absolute atomic E-state index is 0.320. The summed E-state index contributed by atoms with van der Waals surface area (Å²) in [4.78, 5) is 0. The van der Waals surface area contributed by atoms with Crippen LogP contribution in [0.3, 0.4) is 0 Å². The van der Waals surface area contributed by atoms with Gasteiger partial charge in [0.2, 0.25) is 0 Å². The molecule has 2 unspecified atom stereocenters. The maximum atomic E-state index is 14.9. The van der Waals surface area contributed by atoms with Gasteiger partial charge in [-0.1, -0.05) is 43.4 Å². The van der Waals surface area contributed by atoms with Crippen LogP contribution >= 0.6 is 0 Å². The molecule has 0 spiro atoms. The fraction of sp³-hybridized carbons (Fsp3) is 0.257. The van der Waals surface area contributed by atoms with Crippen LogP contribution in [0.15, 0.2) is 66.0 Å². The Kier molecular flexibility index (Phi) is 10.9. The molecule has 1 aliphatic rings. The highest BCUT2D eigenvalue weighted by Crippen LogP contribution is 2.40. The Morgan fingerprint density at radius 1 is 0.729 bits per heavy atom. The summed E-state index contributed by atoms with van der Waals surface area (Å²) in [5.41, 5.74) is -3.82. The van der Waals surface area contributed by atoms with Crippen LogP contribution < -0.4 is 4.74 Å². The van der Waals surface area contributed by atoms with Crippen molar-refractivity contribution in [2.24, 2.45) is 5.92 Å². The predicted octanol–water partition coefficient (Wildman–Crippen LogP) is 10.3. The highest BCUT2D eigenvalue weighted by Gasteiger charge is 2.49. The summed E-state index contributed by atoms with van der Waals surface area (Å²) in [5, 5.41) is 0. The molecule has 3 aromatic rings. The Balaban J connectivity index is 1.51. The number of hydrogen-bond donors (Lipinski definition) is 0. The molecule has 13 heteroatoms. The molecule has 3 aromatic carbocycles. The summed E-state index contributed by atoms with van der Waals surface area (Å²) in [7, 11) is 0. The van der Waals surface area contributed by atoms with Crippen molar-refractivity contribution in [1.82, 2.24) is 0 Å². The van der Waals surface area contributed by atoms with Crippen molar-refractivity contribution in [3.63, 3.8) is 0 Å². The van der Waals surface area contributed by atoms with Gasteiger partial charge >= 0.3 is 12.3 Å². The van der Waals surface area contributed by atoms with Gasteiger partial charge in [-0.3, -0.25) is 0 Å². The normalized spacial score (nSPS) is 16.3. The molecule has 0 aromatic heterocycles. The second-order valence-corrected chi connectivity index (χ2v) is 10.6. The lowest BCUT2D eigenvalue weighted by Gasteiger charge is -2.23. The van der Waals surface area contributed by atoms with Gasteiger partial charge < -0.3 is 4.74 Å². The fourth-order valence-corrected chi connectivity index (χ4v) is 4.65. The third kappa shape index (κ3) is 8.57. The number of unbranched alkanes of at least 4 members (excludes halogenated alkanes) is 2. The van der Waals surface area contributed by atoms with E-state index in [2.05, 4.69) is 28.4 Å². The number of aryl methyl sites for hydroxylation is 1. The molecule has 2 atom stereocenters. The molecule has 0 bridgehead atoms. The van der Waals surface area contributed by atoms with Crippen molar-refractivity contribution in [3.05, 3.63) is 123 Å². The summed E-state index contributed by atoms with van der Waals surface area (Å²) in [5.74, 6) is -4.46. The Morgan fingerprint density at radius 3 is 1.94 bits per heavy atom. The molecule has 0 aliphatic heterocycles. The minimum Gasteiger partial charge on any atom is -0.429 e. The van der Waals surface area contributed by atoms with Crippen molar-refractivity contribution in [1.29, 1.82) is 0 Å². The number of rotatable bonds is 7. The van der Waals surface area contributed by atoms with Crippen molar-refractivity contribution in [2.75, 3.05) is 0 Å². The van der Waals surface area contributed by atoms with E-state index in [1.165, 1.54) is 0 Å². The SMILES string of the molecule is CCCCCc1cc(F)c(C#Cc2cc(F)c(C(F)(F)Oc3ccc(C#CC4=CC(F)C(C(F)(F)F)C(F)=C4)c(F)c3)c(F)c2)c(F)c1. The Hall–Kier alpha value is -4.78. The van der Waals surface area contributed by atoms with Gasteiger partial charge in [-0.2, -0.15) is 22.0 Å². The molecule has 0 radical (unpaired) electrons. The van der Waals surface area contributed by atoms with E-state index < -0.39 is 92.9 Å². The van der Waals surface area contributed by atoms with Gasteiger partial charge in [-0.25, -0.2) is 30.7 Å². The summed E-state index contributed by atoms with van der Waals surface area (Å²) >= 11 is 0. The summed E-state index contributed by atoms with van der Waals surface area (Å²) in [6.07, 6.45) is -9.15. The van der Waals surface area contributed by atoms with E-state index in [-0.39, 0.29) is 0 Å². The van der Waals surface area contributed by atoms with Gasteiger partial charge in [0.15, 0.2) is 0 Å². The van der Waals surface area contributed by atoms with Crippen LogP contribution in [0.2, 0.25) is 0 Å². The topological polar surface area (TPSA) is 9.23 Å². The number of hydrogen-bond acceptors (Lipinski definition) is 1. The van der Waals surface area contributed by atoms with E-state index in [0.717, 1.165) is 37.1 Å². The first-order valence-electron chi connectivity index (χ1n) is 14.2. The van der Waals surface area contributed by atoms with Gasteiger partial charge in [0, 0.05) is 17.2 Å². The zero-order chi connectivity index (χ0) is 35.4. The van der Waals surface area contributed by atoms with E-state index in [4.69, 9.17) is 0 Å². The van der Waals surface area contributed by atoms with E-state index in [1.807, 2.05) is 6.92 Å². The van der Waals surface area contributed by atoms with Crippen molar-refractivity contribution in [3.8, 4) is 29.4 Å². The van der Waals surface area contributed by atoms with Crippen LogP contribution in [0.1, 0.15) is 54.0 Å². The molecule has 1 nitrogen and oxygen atoms in total. The molecule has 0 saturated carbocycles. The van der Waals surface area contributed by atoms with Crippen LogP contribution in [0.5, 0.6) is 5.75 Å². The summed E-state index contributed by atoms with van der Waals surface area (Å²) < 4.78 is 173. The monoisotopic (exact) mass is 686 g/mol. The van der Waals surface area contributed by atoms with Crippen LogP contribution in [0.4, 0.5) is 52.7 Å². The average molecular weight is 687 g/mol. The second kappa shape index (κ2) is 14.5. The molecule has 0 saturated heterocycles. The van der Waals surface area contributed by atoms with Crippen LogP contribution in [0.25, 0.3) is 0 Å². The first-order chi connectivity index (χ1) is 22.5. The van der Waals surface area contributed by atoms with Crippen molar-refractivity contribution < 1.29 is 57.4 Å². The third-order valence-electron chi connectivity index (χ3n) is 6.96. The number of allylic oxidation sites excluding steroid dienone is 4. The van der Waals surface area contributed by atoms with Gasteiger partial charge in [-0.05, 0) is 67.0 Å². The van der Waals surface area contributed by atoms with E-state index >= 15 is 0 Å². The van der Waals surface area contributed by atoms with Crippen molar-refractivity contribution in [2.45, 2.75) is 51.1 Å². The fourth-order valence-electron chi connectivity index (χ4n) is 4.65. The molecule has 0 heterocycles. The quantitative estimate of drug-likeness (QED) is 0.137. The van der Waals surface area contributed by atoms with E-state index in [9.17, 15) is 52.7 Å². The Morgan fingerprint density at radius 2 is 1.38 bits per heavy atom. The standard InChI is InChI=1S/C35H22F12O/c1-2-3-4-5-19-12-26(37)24(27(38)13-19)11-7-21-16-30(41)33(31(42)17-21)35(46,47)48-23-10-9-22(25(36)18-23)8-6-20-14-28(39)32(29(40)15-20)34(43,44)45/h9-10,12-18,28,32H,2-5H2,1H3. The van der Waals surface area contributed by atoms with Gasteiger partial charge in [0.1, 0.15) is 58.3 Å². The average Bonchev–Trinajstić information content (AvgIpc) is 2.94. The van der Waals surface area contributed by atoms with Gasteiger partial charge in [0.05, 0.1) is 11.1 Å². The highest BCUT2D eigenvalue weighted by molar-refractivity contribution is 5.50. The lowest BCUT2D eigenvalue weighted by molar-refractivity contribution is -0.189. The first-order valence-corrected chi connectivity index (χ1v) is 14.2. The van der Waals surface area contributed by atoms with E-state index in [0.29, 0.717) is 48.8 Å². The smallest absolute Gasteiger partial charge is 0.429 e. The molecule has 4 rings (SSSR count). The molecule has 252 valence electrons.